The molecule has 0 spiro atoms. The lowest BCUT2D eigenvalue weighted by molar-refractivity contribution is 1.02. The molecule has 3 nitrogen and oxygen atoms in total. The third-order valence-electron chi connectivity index (χ3n) is 1.90. The lowest BCUT2D eigenvalue weighted by atomic mass is 10.1. The summed E-state index contributed by atoms with van der Waals surface area (Å²) >= 11 is 0. The number of nitrogens with one attached hydrogen (secondary N) is 2. The second-order valence-electron chi connectivity index (χ2n) is 3.02. The second-order valence-corrected chi connectivity index (χ2v) is 3.02. The summed E-state index contributed by atoms with van der Waals surface area (Å²) in [4.78, 5) is 11.2. The van der Waals surface area contributed by atoms with E-state index in [1.807, 2.05) is 53.7 Å². The number of allylic oxidation sites excluding steroid dienone is 3. The van der Waals surface area contributed by atoms with Crippen LogP contribution in [0.15, 0.2) is 29.1 Å². The van der Waals surface area contributed by atoms with Crippen LogP contribution in [0.4, 0.5) is 0 Å². The van der Waals surface area contributed by atoms with Crippen LogP contribution in [-0.2, 0) is 6.42 Å². The number of aromatic amines is 2. The Morgan fingerprint density at radius 1 is 1.24 bits per heavy atom. The molecule has 98 valence electrons. The van der Waals surface area contributed by atoms with Gasteiger partial charge in [-0.15, -0.1) is 0 Å². The van der Waals surface area contributed by atoms with E-state index in [4.69, 9.17) is 0 Å². The van der Waals surface area contributed by atoms with Crippen molar-refractivity contribution in [2.75, 3.05) is 0 Å². The summed E-state index contributed by atoms with van der Waals surface area (Å²) in [6.45, 7) is 15.6. The second kappa shape index (κ2) is 11.0. The summed E-state index contributed by atoms with van der Waals surface area (Å²) in [5, 5.41) is 5.32. The van der Waals surface area contributed by atoms with E-state index in [9.17, 15) is 4.79 Å². The van der Waals surface area contributed by atoms with E-state index in [1.54, 1.807) is 0 Å². The molecule has 0 aliphatic rings. The van der Waals surface area contributed by atoms with Gasteiger partial charge in [0.25, 0.3) is 5.56 Å². The number of rotatable bonds is 3. The standard InChI is InChI=1S/C10H14N2O.2C2H6/c1-4-5-7(2)6-9-8(3)11-12-10(9)13;2*1-2/h4-5H,2,6H2,1,3H3,(H2,11,12,13);2*1-2H3/b5-4-;;. The Balaban J connectivity index is 0. The molecule has 1 rings (SSSR count). The molecule has 0 aliphatic carbocycles. The van der Waals surface area contributed by atoms with Gasteiger partial charge in [-0.05, 0) is 13.8 Å². The molecule has 0 radical (unpaired) electrons. The molecule has 0 aliphatic heterocycles. The molecule has 1 heterocycles. The van der Waals surface area contributed by atoms with Crippen LogP contribution in [-0.4, -0.2) is 10.2 Å². The summed E-state index contributed by atoms with van der Waals surface area (Å²) in [6.07, 6.45) is 4.43. The highest BCUT2D eigenvalue weighted by molar-refractivity contribution is 5.26. The summed E-state index contributed by atoms with van der Waals surface area (Å²) in [5.74, 6) is 0. The number of hydrogen-bond acceptors (Lipinski definition) is 1. The van der Waals surface area contributed by atoms with E-state index in [2.05, 4.69) is 16.8 Å². The molecule has 0 unspecified atom stereocenters. The van der Waals surface area contributed by atoms with Gasteiger partial charge in [0, 0.05) is 17.7 Å². The first-order valence-corrected chi connectivity index (χ1v) is 6.21. The van der Waals surface area contributed by atoms with Gasteiger partial charge in [0.2, 0.25) is 0 Å². The Morgan fingerprint density at radius 2 is 1.76 bits per heavy atom. The van der Waals surface area contributed by atoms with Crippen LogP contribution in [0.3, 0.4) is 0 Å². The molecule has 0 amide bonds. The van der Waals surface area contributed by atoms with Crippen LogP contribution in [0.5, 0.6) is 0 Å². The minimum Gasteiger partial charge on any atom is -0.302 e. The molecule has 1 aromatic rings. The van der Waals surface area contributed by atoms with E-state index in [0.29, 0.717) is 6.42 Å². The molecule has 3 heteroatoms. The van der Waals surface area contributed by atoms with Crippen molar-refractivity contribution in [2.24, 2.45) is 0 Å². The number of aromatic nitrogens is 2. The lowest BCUT2D eigenvalue weighted by Crippen LogP contribution is -2.06. The van der Waals surface area contributed by atoms with Crippen molar-refractivity contribution in [2.45, 2.75) is 48.0 Å². The first-order valence-electron chi connectivity index (χ1n) is 6.21. The van der Waals surface area contributed by atoms with E-state index < -0.39 is 0 Å². The van der Waals surface area contributed by atoms with E-state index in [1.165, 1.54) is 0 Å². The van der Waals surface area contributed by atoms with Crippen molar-refractivity contribution >= 4 is 0 Å². The first kappa shape index (κ1) is 17.9. The Bertz CT molecular complexity index is 383. The van der Waals surface area contributed by atoms with E-state index in [-0.39, 0.29) is 5.56 Å². The topological polar surface area (TPSA) is 48.6 Å². The zero-order valence-electron chi connectivity index (χ0n) is 12.0. The normalized spacial score (nSPS) is 9.06. The molecule has 0 bridgehead atoms. The molecular weight excluding hydrogens is 212 g/mol. The SMILES string of the molecule is C=C(/C=C\C)Cc1c(C)[nH][nH]c1=O.CC.CC. The van der Waals surface area contributed by atoms with Crippen LogP contribution in [0, 0.1) is 6.92 Å². The fraction of sp³-hybridized carbons (Fsp3) is 0.500. The predicted molar refractivity (Wildman–Crippen MR) is 76.5 cm³/mol. The number of H-pyrrole nitrogens is 2. The molecule has 0 fully saturated rings. The largest absolute Gasteiger partial charge is 0.302 e. The zero-order valence-corrected chi connectivity index (χ0v) is 12.0. The van der Waals surface area contributed by atoms with Gasteiger partial charge >= 0.3 is 0 Å². The third-order valence-corrected chi connectivity index (χ3v) is 1.90. The molecule has 0 atom stereocenters. The van der Waals surface area contributed by atoms with Gasteiger partial charge in [-0.25, -0.2) is 0 Å². The van der Waals surface area contributed by atoms with Gasteiger partial charge in [-0.1, -0.05) is 52.0 Å². The van der Waals surface area contributed by atoms with Crippen molar-refractivity contribution in [3.63, 3.8) is 0 Å². The van der Waals surface area contributed by atoms with Crippen molar-refractivity contribution in [1.82, 2.24) is 10.2 Å². The molecule has 0 aromatic carbocycles. The minimum atomic E-state index is -0.0526. The fourth-order valence-electron chi connectivity index (χ4n) is 1.21. The highest BCUT2D eigenvalue weighted by atomic mass is 16.1. The Kier molecular flexibility index (Phi) is 11.6. The molecule has 0 saturated heterocycles. The number of hydrogen-bond donors (Lipinski definition) is 2. The van der Waals surface area contributed by atoms with Crippen molar-refractivity contribution < 1.29 is 0 Å². The van der Waals surface area contributed by atoms with Crippen LogP contribution in [0.1, 0.15) is 45.9 Å². The fourth-order valence-corrected chi connectivity index (χ4v) is 1.21. The maximum Gasteiger partial charge on any atom is 0.267 e. The maximum absolute atomic E-state index is 11.2. The Hall–Kier alpha value is -1.51. The van der Waals surface area contributed by atoms with E-state index >= 15 is 0 Å². The van der Waals surface area contributed by atoms with E-state index in [0.717, 1.165) is 16.8 Å². The lowest BCUT2D eigenvalue weighted by Gasteiger charge is -1.96. The van der Waals surface area contributed by atoms with Crippen LogP contribution >= 0.6 is 0 Å². The van der Waals surface area contributed by atoms with Crippen molar-refractivity contribution in [1.29, 1.82) is 0 Å². The van der Waals surface area contributed by atoms with Gasteiger partial charge in [0.1, 0.15) is 0 Å². The highest BCUT2D eigenvalue weighted by Crippen LogP contribution is 2.05. The quantitative estimate of drug-likeness (QED) is 0.774. The van der Waals surface area contributed by atoms with Crippen molar-refractivity contribution in [3.8, 4) is 0 Å². The molecule has 17 heavy (non-hydrogen) atoms. The zero-order chi connectivity index (χ0) is 13.8. The summed E-state index contributed by atoms with van der Waals surface area (Å²) < 4.78 is 0. The van der Waals surface area contributed by atoms with Gasteiger partial charge in [-0.3, -0.25) is 9.89 Å². The summed E-state index contributed by atoms with van der Waals surface area (Å²) in [6, 6.07) is 0. The predicted octanol–water partition coefficient (Wildman–Crippen LogP) is 3.74. The molecule has 1 aromatic heterocycles. The molecule has 0 saturated carbocycles. The van der Waals surface area contributed by atoms with Gasteiger partial charge in [0.15, 0.2) is 0 Å². The minimum absolute atomic E-state index is 0.0526. The summed E-state index contributed by atoms with van der Waals surface area (Å²) in [5.41, 5.74) is 2.54. The van der Waals surface area contributed by atoms with Gasteiger partial charge in [-0.2, -0.15) is 0 Å². The monoisotopic (exact) mass is 238 g/mol. The molecule has 2 N–H and O–H groups in total. The molecular formula is C14H26N2O. The Labute approximate surface area is 105 Å². The smallest absolute Gasteiger partial charge is 0.267 e. The Morgan fingerprint density at radius 3 is 2.12 bits per heavy atom. The summed E-state index contributed by atoms with van der Waals surface area (Å²) in [7, 11) is 0. The van der Waals surface area contributed by atoms with Crippen LogP contribution in [0.2, 0.25) is 0 Å². The highest BCUT2D eigenvalue weighted by Gasteiger charge is 2.05. The average Bonchev–Trinajstić information content (AvgIpc) is 2.66. The van der Waals surface area contributed by atoms with Gasteiger partial charge < -0.3 is 5.10 Å². The third kappa shape index (κ3) is 6.61. The van der Waals surface area contributed by atoms with Crippen molar-refractivity contribution in [3.05, 3.63) is 45.9 Å². The number of aryl methyl sites for hydroxylation is 1. The average molecular weight is 238 g/mol. The van der Waals surface area contributed by atoms with Crippen LogP contribution in [0.25, 0.3) is 0 Å². The maximum atomic E-state index is 11.2. The van der Waals surface area contributed by atoms with Crippen LogP contribution < -0.4 is 5.56 Å². The van der Waals surface area contributed by atoms with Gasteiger partial charge in [0.05, 0.1) is 0 Å². The first-order chi connectivity index (χ1) is 8.15.